The summed E-state index contributed by atoms with van der Waals surface area (Å²) in [6, 6.07) is 9.56. The van der Waals surface area contributed by atoms with Crippen molar-refractivity contribution in [3.8, 4) is 0 Å². The summed E-state index contributed by atoms with van der Waals surface area (Å²) in [7, 11) is 0. The quantitative estimate of drug-likeness (QED) is 0.810. The van der Waals surface area contributed by atoms with E-state index < -0.39 is 0 Å². The minimum Gasteiger partial charge on any atom is -0.351 e. The van der Waals surface area contributed by atoms with Gasteiger partial charge < -0.3 is 9.47 Å². The van der Waals surface area contributed by atoms with Gasteiger partial charge in [0.25, 0.3) is 0 Å². The number of fused-ring (bicyclic) bond motifs is 1. The molecule has 1 saturated carbocycles. The Kier molecular flexibility index (Phi) is 3.85. The van der Waals surface area contributed by atoms with Gasteiger partial charge in [-0.3, -0.25) is 9.98 Å². The molecule has 4 nitrogen and oxygen atoms in total. The number of hydrogen-bond acceptors (Lipinski definition) is 4. The van der Waals surface area contributed by atoms with Gasteiger partial charge in [0, 0.05) is 36.4 Å². The Morgan fingerprint density at radius 2 is 2.04 bits per heavy atom. The highest BCUT2D eigenvalue weighted by molar-refractivity contribution is 8.14. The number of nitrogens with zero attached hydrogens (tertiary/aromatic N) is 4. The summed E-state index contributed by atoms with van der Waals surface area (Å²) >= 11 is 1.91. The zero-order chi connectivity index (χ0) is 16.8. The van der Waals surface area contributed by atoms with Crippen LogP contribution in [0.15, 0.2) is 47.8 Å². The topological polar surface area (TPSA) is 33.4 Å². The Bertz CT molecular complexity index is 778. The summed E-state index contributed by atoms with van der Waals surface area (Å²) in [6.07, 6.45) is 11.9. The van der Waals surface area contributed by atoms with Gasteiger partial charge in [0.05, 0.1) is 11.7 Å². The molecule has 0 radical (unpaired) electrons. The molecular weight excluding hydrogens is 328 g/mol. The van der Waals surface area contributed by atoms with E-state index in [1.807, 2.05) is 24.0 Å². The van der Waals surface area contributed by atoms with Crippen molar-refractivity contribution >= 4 is 16.9 Å². The average Bonchev–Trinajstić information content (AvgIpc) is 3.38. The third-order valence-corrected chi connectivity index (χ3v) is 6.81. The van der Waals surface area contributed by atoms with Gasteiger partial charge in [-0.1, -0.05) is 37.6 Å². The van der Waals surface area contributed by atoms with E-state index in [1.165, 1.54) is 36.4 Å². The van der Waals surface area contributed by atoms with Crippen LogP contribution < -0.4 is 0 Å². The van der Waals surface area contributed by atoms with Crippen molar-refractivity contribution in [1.29, 1.82) is 0 Å². The number of aliphatic imine (C=N–C) groups is 1. The molecule has 2 fully saturated rings. The van der Waals surface area contributed by atoms with Crippen molar-refractivity contribution in [2.24, 2.45) is 4.99 Å². The maximum Gasteiger partial charge on any atom is 0.160 e. The van der Waals surface area contributed by atoms with E-state index in [0.717, 1.165) is 12.2 Å². The lowest BCUT2D eigenvalue weighted by atomic mass is 9.99. The van der Waals surface area contributed by atoms with Gasteiger partial charge in [-0.25, -0.2) is 0 Å². The van der Waals surface area contributed by atoms with E-state index in [-0.39, 0.29) is 12.1 Å². The monoisotopic (exact) mass is 352 g/mol. The molecule has 5 heteroatoms. The standard InChI is InChI=1S/C20H24N4S/c1-14-12-24-19(15-9-11-23(13-15)16-6-2-3-7-16)18(22-20(24)25-14)17-8-4-5-10-21-17/h4-5,8-11,13-14,16,18-19H,2-3,6-7,12H2,1H3/t14-,18+,19-/m1/s1. The first-order valence-electron chi connectivity index (χ1n) is 9.39. The smallest absolute Gasteiger partial charge is 0.160 e. The Labute approximate surface area is 153 Å². The maximum absolute atomic E-state index is 5.07. The number of amidine groups is 1. The van der Waals surface area contributed by atoms with Crippen molar-refractivity contribution in [2.45, 2.75) is 56.0 Å². The average molecular weight is 353 g/mol. The second kappa shape index (κ2) is 6.20. The fourth-order valence-electron chi connectivity index (χ4n) is 4.51. The molecule has 1 aliphatic carbocycles. The van der Waals surface area contributed by atoms with Crippen LogP contribution in [0.1, 0.15) is 62.0 Å². The molecule has 3 aliphatic rings. The molecular formula is C20H24N4S. The summed E-state index contributed by atoms with van der Waals surface area (Å²) < 4.78 is 2.45. The summed E-state index contributed by atoms with van der Waals surface area (Å²) in [4.78, 5) is 12.2. The van der Waals surface area contributed by atoms with Gasteiger partial charge in [-0.15, -0.1) is 0 Å². The summed E-state index contributed by atoms with van der Waals surface area (Å²) in [5, 5.41) is 1.81. The van der Waals surface area contributed by atoms with Crippen LogP contribution >= 0.6 is 11.8 Å². The molecule has 0 bridgehead atoms. The van der Waals surface area contributed by atoms with E-state index >= 15 is 0 Å². The molecule has 25 heavy (non-hydrogen) atoms. The number of rotatable bonds is 3. The minimum absolute atomic E-state index is 0.107. The van der Waals surface area contributed by atoms with Gasteiger partial charge in [-0.2, -0.15) is 0 Å². The molecule has 5 rings (SSSR count). The normalized spacial score (nSPS) is 29.2. The molecule has 0 amide bonds. The van der Waals surface area contributed by atoms with Gasteiger partial charge in [0.1, 0.15) is 6.04 Å². The summed E-state index contributed by atoms with van der Waals surface area (Å²) in [6.45, 7) is 3.37. The second-order valence-corrected chi connectivity index (χ2v) is 8.87. The van der Waals surface area contributed by atoms with Crippen LogP contribution in [0.4, 0.5) is 0 Å². The van der Waals surface area contributed by atoms with Crippen LogP contribution in [0.25, 0.3) is 0 Å². The third-order valence-electron chi connectivity index (χ3n) is 5.71. The van der Waals surface area contributed by atoms with Gasteiger partial charge >= 0.3 is 0 Å². The molecule has 4 heterocycles. The van der Waals surface area contributed by atoms with E-state index in [9.17, 15) is 0 Å². The first kappa shape index (κ1) is 15.5. The van der Waals surface area contributed by atoms with Crippen molar-refractivity contribution in [2.75, 3.05) is 6.54 Å². The Hall–Kier alpha value is -1.75. The Balaban J connectivity index is 1.50. The van der Waals surface area contributed by atoms with Crippen LogP contribution in [-0.4, -0.2) is 31.4 Å². The molecule has 0 N–H and O–H groups in total. The summed E-state index contributed by atoms with van der Waals surface area (Å²) in [5.41, 5.74) is 2.47. The predicted octanol–water partition coefficient (Wildman–Crippen LogP) is 4.59. The van der Waals surface area contributed by atoms with Gasteiger partial charge in [0.2, 0.25) is 0 Å². The lowest BCUT2D eigenvalue weighted by molar-refractivity contribution is 0.320. The van der Waals surface area contributed by atoms with Crippen molar-refractivity contribution in [1.82, 2.24) is 14.5 Å². The van der Waals surface area contributed by atoms with E-state index in [2.05, 4.69) is 52.0 Å². The number of hydrogen-bond donors (Lipinski definition) is 0. The first-order valence-corrected chi connectivity index (χ1v) is 10.3. The van der Waals surface area contributed by atoms with Gasteiger partial charge in [-0.05, 0) is 36.6 Å². The van der Waals surface area contributed by atoms with E-state index in [1.54, 1.807) is 0 Å². The molecule has 1 saturated heterocycles. The highest BCUT2D eigenvalue weighted by Gasteiger charge is 2.43. The lowest BCUT2D eigenvalue weighted by Crippen LogP contribution is -2.28. The zero-order valence-electron chi connectivity index (χ0n) is 14.6. The second-order valence-electron chi connectivity index (χ2n) is 7.47. The predicted molar refractivity (Wildman–Crippen MR) is 103 cm³/mol. The Morgan fingerprint density at radius 3 is 2.84 bits per heavy atom. The largest absolute Gasteiger partial charge is 0.351 e. The molecule has 2 aromatic rings. The summed E-state index contributed by atoms with van der Waals surface area (Å²) in [5.74, 6) is 0. The fourth-order valence-corrected chi connectivity index (χ4v) is 5.61. The molecule has 2 aromatic heterocycles. The zero-order valence-corrected chi connectivity index (χ0v) is 15.4. The number of thioether (sulfide) groups is 1. The minimum atomic E-state index is 0.107. The molecule has 130 valence electrons. The molecule has 3 atom stereocenters. The van der Waals surface area contributed by atoms with Crippen LogP contribution in [0, 0.1) is 0 Å². The van der Waals surface area contributed by atoms with Crippen LogP contribution in [0.5, 0.6) is 0 Å². The molecule has 0 aromatic carbocycles. The highest BCUT2D eigenvalue weighted by atomic mass is 32.2. The van der Waals surface area contributed by atoms with Crippen molar-refractivity contribution < 1.29 is 0 Å². The van der Waals surface area contributed by atoms with Crippen molar-refractivity contribution in [3.05, 3.63) is 54.1 Å². The Morgan fingerprint density at radius 1 is 1.16 bits per heavy atom. The first-order chi connectivity index (χ1) is 12.3. The SMILES string of the molecule is C[C@@H]1CN2C(=N[C@@H](c3ccccn3)[C@H]2c2ccn(C3CCCC3)c2)S1. The van der Waals surface area contributed by atoms with Gasteiger partial charge in [0.15, 0.2) is 5.17 Å². The molecule has 0 unspecified atom stereocenters. The maximum atomic E-state index is 5.07. The molecule has 0 spiro atoms. The van der Waals surface area contributed by atoms with E-state index in [4.69, 9.17) is 4.99 Å². The number of aromatic nitrogens is 2. The third kappa shape index (κ3) is 2.69. The van der Waals surface area contributed by atoms with E-state index in [0.29, 0.717) is 11.3 Å². The van der Waals surface area contributed by atoms with Crippen LogP contribution in [-0.2, 0) is 0 Å². The van der Waals surface area contributed by atoms with Crippen LogP contribution in [0.2, 0.25) is 0 Å². The highest BCUT2D eigenvalue weighted by Crippen LogP contribution is 2.47. The molecule has 2 aliphatic heterocycles. The number of pyridine rings is 1. The fraction of sp³-hybridized carbons (Fsp3) is 0.500. The van der Waals surface area contributed by atoms with Crippen molar-refractivity contribution in [3.63, 3.8) is 0 Å². The van der Waals surface area contributed by atoms with Crippen LogP contribution in [0.3, 0.4) is 0 Å². The lowest BCUT2D eigenvalue weighted by Gasteiger charge is -2.26.